The summed E-state index contributed by atoms with van der Waals surface area (Å²) >= 11 is 1.33. The molecule has 0 amide bonds. The molecule has 86 valence electrons. The van der Waals surface area contributed by atoms with Crippen LogP contribution in [0.3, 0.4) is 0 Å². The molecule has 16 heavy (non-hydrogen) atoms. The SMILES string of the molecule is CC(OC(=O)c1cccs1)C1CCC(=O)O1. The Morgan fingerprint density at radius 1 is 1.69 bits per heavy atom. The quantitative estimate of drug-likeness (QED) is 0.758. The molecule has 2 atom stereocenters. The third-order valence-corrected chi connectivity index (χ3v) is 3.30. The van der Waals surface area contributed by atoms with Gasteiger partial charge in [-0.3, -0.25) is 4.79 Å². The summed E-state index contributed by atoms with van der Waals surface area (Å²) in [5, 5.41) is 1.82. The molecule has 1 fully saturated rings. The minimum absolute atomic E-state index is 0.218. The zero-order valence-corrected chi connectivity index (χ0v) is 9.66. The largest absolute Gasteiger partial charge is 0.458 e. The maximum absolute atomic E-state index is 11.6. The Kier molecular flexibility index (Phi) is 3.24. The predicted molar refractivity (Wildman–Crippen MR) is 58.3 cm³/mol. The Bertz CT molecular complexity index is 385. The summed E-state index contributed by atoms with van der Waals surface area (Å²) in [4.78, 5) is 23.1. The van der Waals surface area contributed by atoms with E-state index in [2.05, 4.69) is 0 Å². The number of hydrogen-bond acceptors (Lipinski definition) is 5. The lowest BCUT2D eigenvalue weighted by Crippen LogP contribution is -2.28. The van der Waals surface area contributed by atoms with Crippen LogP contribution < -0.4 is 0 Å². The van der Waals surface area contributed by atoms with Crippen LogP contribution in [0.5, 0.6) is 0 Å². The Hall–Kier alpha value is -1.36. The van der Waals surface area contributed by atoms with Gasteiger partial charge < -0.3 is 9.47 Å². The first kappa shape index (κ1) is 11.1. The van der Waals surface area contributed by atoms with Gasteiger partial charge in [0.2, 0.25) is 0 Å². The van der Waals surface area contributed by atoms with Crippen molar-refractivity contribution in [2.75, 3.05) is 0 Å². The topological polar surface area (TPSA) is 52.6 Å². The zero-order chi connectivity index (χ0) is 11.5. The average Bonchev–Trinajstić information content (AvgIpc) is 2.87. The highest BCUT2D eigenvalue weighted by atomic mass is 32.1. The lowest BCUT2D eigenvalue weighted by atomic mass is 10.1. The Balaban J connectivity index is 1.90. The van der Waals surface area contributed by atoms with E-state index in [-0.39, 0.29) is 24.1 Å². The third kappa shape index (κ3) is 2.41. The molecule has 5 heteroatoms. The molecular formula is C11H12O4S. The second kappa shape index (κ2) is 4.65. The average molecular weight is 240 g/mol. The molecule has 2 heterocycles. The first-order valence-corrected chi connectivity index (χ1v) is 5.99. The fourth-order valence-corrected chi connectivity index (χ4v) is 2.18. The molecule has 2 rings (SSSR count). The van der Waals surface area contributed by atoms with Gasteiger partial charge in [-0.15, -0.1) is 11.3 Å². The summed E-state index contributed by atoms with van der Waals surface area (Å²) in [7, 11) is 0. The summed E-state index contributed by atoms with van der Waals surface area (Å²) in [6.07, 6.45) is 0.348. The van der Waals surface area contributed by atoms with Gasteiger partial charge in [0.25, 0.3) is 0 Å². The molecule has 2 unspecified atom stereocenters. The molecule has 0 N–H and O–H groups in total. The van der Waals surface area contributed by atoms with Crippen molar-refractivity contribution in [2.45, 2.75) is 32.0 Å². The van der Waals surface area contributed by atoms with Crippen LogP contribution in [-0.2, 0) is 14.3 Å². The van der Waals surface area contributed by atoms with E-state index >= 15 is 0 Å². The van der Waals surface area contributed by atoms with E-state index in [1.807, 2.05) is 5.38 Å². The number of rotatable bonds is 3. The fraction of sp³-hybridized carbons (Fsp3) is 0.455. The van der Waals surface area contributed by atoms with E-state index in [0.717, 1.165) is 0 Å². The van der Waals surface area contributed by atoms with Crippen LogP contribution in [-0.4, -0.2) is 24.1 Å². The monoisotopic (exact) mass is 240 g/mol. The van der Waals surface area contributed by atoms with E-state index in [1.54, 1.807) is 19.1 Å². The maximum atomic E-state index is 11.6. The van der Waals surface area contributed by atoms with Crippen LogP contribution in [0.1, 0.15) is 29.4 Å². The van der Waals surface area contributed by atoms with Crippen LogP contribution in [0.15, 0.2) is 17.5 Å². The van der Waals surface area contributed by atoms with Gasteiger partial charge in [-0.05, 0) is 24.8 Å². The molecule has 0 radical (unpaired) electrons. The Morgan fingerprint density at radius 3 is 3.06 bits per heavy atom. The summed E-state index contributed by atoms with van der Waals surface area (Å²) in [5.41, 5.74) is 0. The summed E-state index contributed by atoms with van der Waals surface area (Å²) in [5.74, 6) is -0.575. The second-order valence-corrected chi connectivity index (χ2v) is 4.60. The highest BCUT2D eigenvalue weighted by Gasteiger charge is 2.31. The highest BCUT2D eigenvalue weighted by Crippen LogP contribution is 2.20. The Labute approximate surface area is 97.2 Å². The zero-order valence-electron chi connectivity index (χ0n) is 8.84. The predicted octanol–water partition coefficient (Wildman–Crippen LogP) is 2.00. The van der Waals surface area contributed by atoms with Gasteiger partial charge in [-0.25, -0.2) is 4.79 Å². The molecule has 1 aliphatic rings. The van der Waals surface area contributed by atoms with Gasteiger partial charge in [-0.1, -0.05) is 6.07 Å². The molecule has 0 aliphatic carbocycles. The number of cyclic esters (lactones) is 1. The highest BCUT2D eigenvalue weighted by molar-refractivity contribution is 7.11. The molecule has 1 aromatic rings. The standard InChI is InChI=1S/C11H12O4S/c1-7(8-4-5-10(12)15-8)14-11(13)9-3-2-6-16-9/h2-3,6-8H,4-5H2,1H3. The normalized spacial score (nSPS) is 21.6. The smallest absolute Gasteiger partial charge is 0.348 e. The fourth-order valence-electron chi connectivity index (χ4n) is 1.57. The molecule has 1 aromatic heterocycles. The van der Waals surface area contributed by atoms with Gasteiger partial charge in [-0.2, -0.15) is 0 Å². The molecule has 0 spiro atoms. The number of carbonyl (C=O) groups is 2. The van der Waals surface area contributed by atoms with Gasteiger partial charge >= 0.3 is 11.9 Å². The molecule has 1 aliphatic heterocycles. The number of esters is 2. The lowest BCUT2D eigenvalue weighted by molar-refractivity contribution is -0.145. The third-order valence-electron chi connectivity index (χ3n) is 2.45. The van der Waals surface area contributed by atoms with Crippen molar-refractivity contribution in [2.24, 2.45) is 0 Å². The van der Waals surface area contributed by atoms with Gasteiger partial charge in [0.1, 0.15) is 17.1 Å². The minimum atomic E-state index is -0.388. The van der Waals surface area contributed by atoms with Crippen molar-refractivity contribution in [1.82, 2.24) is 0 Å². The maximum Gasteiger partial charge on any atom is 0.348 e. The minimum Gasteiger partial charge on any atom is -0.458 e. The lowest BCUT2D eigenvalue weighted by Gasteiger charge is -2.18. The number of carbonyl (C=O) groups excluding carboxylic acids is 2. The van der Waals surface area contributed by atoms with Crippen molar-refractivity contribution >= 4 is 23.3 Å². The van der Waals surface area contributed by atoms with E-state index in [0.29, 0.717) is 17.7 Å². The van der Waals surface area contributed by atoms with E-state index in [4.69, 9.17) is 9.47 Å². The van der Waals surface area contributed by atoms with E-state index in [9.17, 15) is 9.59 Å². The molecule has 0 aromatic carbocycles. The molecule has 4 nitrogen and oxygen atoms in total. The Morgan fingerprint density at radius 2 is 2.50 bits per heavy atom. The van der Waals surface area contributed by atoms with Crippen LogP contribution in [0.4, 0.5) is 0 Å². The summed E-state index contributed by atoms with van der Waals surface area (Å²) < 4.78 is 10.2. The molecule has 1 saturated heterocycles. The van der Waals surface area contributed by atoms with E-state index < -0.39 is 0 Å². The van der Waals surface area contributed by atoms with E-state index in [1.165, 1.54) is 11.3 Å². The number of hydrogen-bond donors (Lipinski definition) is 0. The molecular weight excluding hydrogens is 228 g/mol. The molecule has 0 bridgehead atoms. The van der Waals surface area contributed by atoms with Gasteiger partial charge in [0.05, 0.1) is 0 Å². The van der Waals surface area contributed by atoms with Gasteiger partial charge in [0, 0.05) is 6.42 Å². The van der Waals surface area contributed by atoms with Crippen molar-refractivity contribution in [3.63, 3.8) is 0 Å². The van der Waals surface area contributed by atoms with Crippen LogP contribution in [0.2, 0.25) is 0 Å². The van der Waals surface area contributed by atoms with Crippen molar-refractivity contribution in [1.29, 1.82) is 0 Å². The number of ether oxygens (including phenoxy) is 2. The van der Waals surface area contributed by atoms with Crippen molar-refractivity contribution in [3.8, 4) is 0 Å². The summed E-state index contributed by atoms with van der Waals surface area (Å²) in [6.45, 7) is 1.74. The van der Waals surface area contributed by atoms with Crippen LogP contribution >= 0.6 is 11.3 Å². The van der Waals surface area contributed by atoms with Crippen molar-refractivity contribution in [3.05, 3.63) is 22.4 Å². The van der Waals surface area contributed by atoms with Gasteiger partial charge in [0.15, 0.2) is 0 Å². The summed E-state index contributed by atoms with van der Waals surface area (Å²) in [6, 6.07) is 3.50. The van der Waals surface area contributed by atoms with Crippen LogP contribution in [0, 0.1) is 0 Å². The number of thiophene rings is 1. The first-order valence-electron chi connectivity index (χ1n) is 5.11. The second-order valence-electron chi connectivity index (χ2n) is 3.65. The van der Waals surface area contributed by atoms with Crippen LogP contribution in [0.25, 0.3) is 0 Å². The first-order chi connectivity index (χ1) is 7.66. The van der Waals surface area contributed by atoms with Crippen molar-refractivity contribution < 1.29 is 19.1 Å². The molecule has 0 saturated carbocycles.